The first kappa shape index (κ1) is 6.22. The highest BCUT2D eigenvalue weighted by molar-refractivity contribution is 5.94. The average Bonchev–Trinajstić information content (AvgIpc) is 2.10. The zero-order valence-electron chi connectivity index (χ0n) is 4.66. The third-order valence-corrected chi connectivity index (χ3v) is 1.18. The molecule has 1 N–H and O–H groups in total. The Morgan fingerprint density at radius 1 is 1.67 bits per heavy atom. The third kappa shape index (κ3) is 1.08. The van der Waals surface area contributed by atoms with Crippen LogP contribution in [-0.2, 0) is 14.3 Å². The first-order valence-electron chi connectivity index (χ1n) is 2.59. The van der Waals surface area contributed by atoms with Gasteiger partial charge < -0.3 is 9.84 Å². The Hall–Kier alpha value is -0.900. The maximum absolute atomic E-state index is 10.4. The minimum atomic E-state index is -0.613. The van der Waals surface area contributed by atoms with Crippen LogP contribution in [0.3, 0.4) is 0 Å². The molecule has 0 spiro atoms. The van der Waals surface area contributed by atoms with E-state index in [1.165, 1.54) is 0 Å². The molecule has 0 aromatic rings. The molecular formula is C5H6O4. The van der Waals surface area contributed by atoms with Gasteiger partial charge >= 0.3 is 11.9 Å². The molecule has 1 heterocycles. The molecule has 1 atom stereocenters. The first-order valence-corrected chi connectivity index (χ1v) is 2.59. The molecular weight excluding hydrogens is 124 g/mol. The number of hydrogen-bond donors (Lipinski definition) is 1. The van der Waals surface area contributed by atoms with E-state index in [-0.39, 0.29) is 13.0 Å². The van der Waals surface area contributed by atoms with Crippen LogP contribution < -0.4 is 0 Å². The van der Waals surface area contributed by atoms with Gasteiger partial charge in [0, 0.05) is 0 Å². The average molecular weight is 130 g/mol. The quantitative estimate of drug-likeness (QED) is 0.368. The molecule has 4 heteroatoms. The Kier molecular flexibility index (Phi) is 1.48. The molecule has 0 unspecified atom stereocenters. The van der Waals surface area contributed by atoms with E-state index < -0.39 is 17.9 Å². The number of aliphatic hydroxyl groups excluding tert-OH is 1. The van der Waals surface area contributed by atoms with Crippen LogP contribution in [0.5, 0.6) is 0 Å². The predicted octanol–water partition coefficient (Wildman–Crippen LogP) is -0.932. The smallest absolute Gasteiger partial charge is 0.319 e. The van der Waals surface area contributed by atoms with Crippen LogP contribution in [-0.4, -0.2) is 23.7 Å². The second-order valence-corrected chi connectivity index (χ2v) is 1.88. The summed E-state index contributed by atoms with van der Waals surface area (Å²) in [5.74, 6) is -1.76. The minimum Gasteiger partial charge on any atom is -0.395 e. The first-order chi connectivity index (χ1) is 4.24. The van der Waals surface area contributed by atoms with Crippen LogP contribution >= 0.6 is 0 Å². The third-order valence-electron chi connectivity index (χ3n) is 1.18. The Bertz CT molecular complexity index is 151. The van der Waals surface area contributed by atoms with Crippen LogP contribution in [0.15, 0.2) is 0 Å². The van der Waals surface area contributed by atoms with Gasteiger partial charge in [-0.3, -0.25) is 9.59 Å². The molecule has 0 bridgehead atoms. The minimum absolute atomic E-state index is 0.0231. The Balaban J connectivity index is 2.58. The maximum atomic E-state index is 10.4. The summed E-state index contributed by atoms with van der Waals surface area (Å²) < 4.78 is 4.13. The van der Waals surface area contributed by atoms with E-state index in [1.807, 2.05) is 0 Å². The number of hydrogen-bond acceptors (Lipinski definition) is 4. The highest BCUT2D eigenvalue weighted by Gasteiger charge is 2.32. The van der Waals surface area contributed by atoms with Crippen molar-refractivity contribution in [3.05, 3.63) is 0 Å². The summed E-state index contributed by atoms with van der Waals surface area (Å²) in [5.41, 5.74) is 0. The number of cyclic esters (lactones) is 2. The van der Waals surface area contributed by atoms with Crippen molar-refractivity contribution in [2.75, 3.05) is 6.61 Å². The molecule has 50 valence electrons. The Labute approximate surface area is 51.4 Å². The van der Waals surface area contributed by atoms with Crippen LogP contribution in [0.4, 0.5) is 0 Å². The van der Waals surface area contributed by atoms with Gasteiger partial charge in [-0.1, -0.05) is 0 Å². The number of carbonyl (C=O) groups excluding carboxylic acids is 2. The maximum Gasteiger partial charge on any atom is 0.319 e. The molecule has 0 radical (unpaired) electrons. The van der Waals surface area contributed by atoms with Gasteiger partial charge in [-0.15, -0.1) is 0 Å². The summed E-state index contributed by atoms with van der Waals surface area (Å²) in [6.45, 7) is -0.301. The standard InChI is InChI=1S/C5H6O4/c6-2-3-1-4(7)9-5(3)8/h3,6H,1-2H2/t3-/m0/s1. The second-order valence-electron chi connectivity index (χ2n) is 1.88. The van der Waals surface area contributed by atoms with Gasteiger partial charge in [-0.25, -0.2) is 0 Å². The molecule has 1 fully saturated rings. The van der Waals surface area contributed by atoms with Crippen LogP contribution in [0.1, 0.15) is 6.42 Å². The topological polar surface area (TPSA) is 63.6 Å². The second kappa shape index (κ2) is 2.14. The normalized spacial score (nSPS) is 26.6. The van der Waals surface area contributed by atoms with E-state index in [1.54, 1.807) is 0 Å². The number of carbonyl (C=O) groups is 2. The molecule has 0 amide bonds. The summed E-state index contributed by atoms with van der Waals surface area (Å²) in [6.07, 6.45) is 0.0231. The largest absolute Gasteiger partial charge is 0.395 e. The molecule has 0 aromatic heterocycles. The lowest BCUT2D eigenvalue weighted by Gasteiger charge is -1.93. The van der Waals surface area contributed by atoms with Crippen molar-refractivity contribution in [3.8, 4) is 0 Å². The molecule has 1 aliphatic rings. The van der Waals surface area contributed by atoms with Gasteiger partial charge in [-0.05, 0) is 0 Å². The van der Waals surface area contributed by atoms with E-state index in [2.05, 4.69) is 4.74 Å². The molecule has 4 nitrogen and oxygen atoms in total. The monoisotopic (exact) mass is 130 g/mol. The van der Waals surface area contributed by atoms with Crippen molar-refractivity contribution in [2.45, 2.75) is 6.42 Å². The summed E-state index contributed by atoms with van der Waals surface area (Å²) >= 11 is 0. The van der Waals surface area contributed by atoms with Crippen molar-refractivity contribution in [1.29, 1.82) is 0 Å². The van der Waals surface area contributed by atoms with Crippen LogP contribution in [0, 0.1) is 5.92 Å². The van der Waals surface area contributed by atoms with E-state index in [0.717, 1.165) is 0 Å². The van der Waals surface area contributed by atoms with Gasteiger partial charge in [0.15, 0.2) is 0 Å². The van der Waals surface area contributed by atoms with Crippen molar-refractivity contribution < 1.29 is 19.4 Å². The number of aliphatic hydroxyl groups is 1. The fourth-order valence-electron chi connectivity index (χ4n) is 0.661. The zero-order valence-corrected chi connectivity index (χ0v) is 4.66. The lowest BCUT2D eigenvalue weighted by molar-refractivity contribution is -0.153. The van der Waals surface area contributed by atoms with Gasteiger partial charge in [0.2, 0.25) is 0 Å². The lowest BCUT2D eigenvalue weighted by atomic mass is 10.1. The SMILES string of the molecule is O=C1C[C@@H](CO)C(=O)O1. The molecule has 1 rings (SSSR count). The molecule has 0 saturated carbocycles. The fourth-order valence-corrected chi connectivity index (χ4v) is 0.661. The van der Waals surface area contributed by atoms with Crippen molar-refractivity contribution in [3.63, 3.8) is 0 Å². The van der Waals surface area contributed by atoms with Gasteiger partial charge in [-0.2, -0.15) is 0 Å². The van der Waals surface area contributed by atoms with Crippen molar-refractivity contribution >= 4 is 11.9 Å². The lowest BCUT2D eigenvalue weighted by Crippen LogP contribution is -2.11. The van der Waals surface area contributed by atoms with Gasteiger partial charge in [0.25, 0.3) is 0 Å². The predicted molar refractivity (Wildman–Crippen MR) is 26.3 cm³/mol. The van der Waals surface area contributed by atoms with Gasteiger partial charge in [0.05, 0.1) is 18.9 Å². The summed E-state index contributed by atoms with van der Waals surface area (Å²) in [4.78, 5) is 20.7. The van der Waals surface area contributed by atoms with Crippen molar-refractivity contribution in [2.24, 2.45) is 5.92 Å². The van der Waals surface area contributed by atoms with E-state index >= 15 is 0 Å². The van der Waals surface area contributed by atoms with Crippen LogP contribution in [0.2, 0.25) is 0 Å². The summed E-state index contributed by atoms with van der Waals surface area (Å²) in [6, 6.07) is 0. The molecule has 0 aromatic carbocycles. The molecule has 1 saturated heterocycles. The number of ether oxygens (including phenoxy) is 1. The zero-order chi connectivity index (χ0) is 6.85. The van der Waals surface area contributed by atoms with Gasteiger partial charge in [0.1, 0.15) is 0 Å². The molecule has 0 aliphatic carbocycles. The fraction of sp³-hybridized carbons (Fsp3) is 0.600. The number of rotatable bonds is 1. The number of esters is 2. The van der Waals surface area contributed by atoms with Crippen molar-refractivity contribution in [1.82, 2.24) is 0 Å². The highest BCUT2D eigenvalue weighted by Crippen LogP contribution is 2.13. The Morgan fingerprint density at radius 3 is 2.56 bits per heavy atom. The van der Waals surface area contributed by atoms with E-state index in [4.69, 9.17) is 5.11 Å². The van der Waals surface area contributed by atoms with E-state index in [0.29, 0.717) is 0 Å². The van der Waals surface area contributed by atoms with E-state index in [9.17, 15) is 9.59 Å². The van der Waals surface area contributed by atoms with Crippen LogP contribution in [0.25, 0.3) is 0 Å². The Morgan fingerprint density at radius 2 is 2.33 bits per heavy atom. The summed E-state index contributed by atoms with van der Waals surface area (Å²) in [7, 11) is 0. The molecule has 1 aliphatic heterocycles. The summed E-state index contributed by atoms with van der Waals surface area (Å²) in [5, 5.41) is 8.40. The molecule has 9 heavy (non-hydrogen) atoms. The highest BCUT2D eigenvalue weighted by atomic mass is 16.6.